The summed E-state index contributed by atoms with van der Waals surface area (Å²) in [6, 6.07) is 33.3. The average Bonchev–Trinajstić information content (AvgIpc) is 3.12. The Hall–Kier alpha value is -3.52. The Kier molecular flexibility index (Phi) is 5.21. The molecule has 2 aliphatic carbocycles. The molecule has 0 unspecified atom stereocenters. The van der Waals surface area contributed by atoms with E-state index in [4.69, 9.17) is 5.73 Å². The monoisotopic (exact) mass is 458 g/mol. The van der Waals surface area contributed by atoms with E-state index in [0.29, 0.717) is 0 Å². The fourth-order valence-corrected chi connectivity index (χ4v) is 6.52. The Morgan fingerprint density at radius 3 is 1.94 bits per heavy atom. The molecule has 176 valence electrons. The summed E-state index contributed by atoms with van der Waals surface area (Å²) in [5.74, 6) is 0. The van der Waals surface area contributed by atoms with E-state index in [9.17, 15) is 0 Å². The van der Waals surface area contributed by atoms with E-state index in [0.717, 1.165) is 17.1 Å². The van der Waals surface area contributed by atoms with Crippen LogP contribution in [0.4, 0.5) is 17.1 Å². The second kappa shape index (κ2) is 8.30. The largest absolute Gasteiger partial charge is 0.399 e. The van der Waals surface area contributed by atoms with Crippen LogP contribution in [-0.2, 0) is 10.8 Å². The van der Waals surface area contributed by atoms with E-state index in [1.807, 2.05) is 0 Å². The molecule has 4 aromatic carbocycles. The Morgan fingerprint density at radius 2 is 1.23 bits per heavy atom. The van der Waals surface area contributed by atoms with E-state index in [1.165, 1.54) is 65.5 Å². The van der Waals surface area contributed by atoms with Crippen molar-refractivity contribution in [2.24, 2.45) is 0 Å². The normalized spacial score (nSPS) is 17.4. The van der Waals surface area contributed by atoms with Gasteiger partial charge in [0.2, 0.25) is 0 Å². The average molecular weight is 459 g/mol. The summed E-state index contributed by atoms with van der Waals surface area (Å²) in [6.07, 6.45) is 6.28. The molecule has 6 rings (SSSR count). The second-order valence-corrected chi connectivity index (χ2v) is 10.9. The molecule has 0 radical (unpaired) electrons. The predicted molar refractivity (Wildman–Crippen MR) is 148 cm³/mol. The number of hydrogen-bond donors (Lipinski definition) is 2. The third-order valence-corrected chi connectivity index (χ3v) is 8.48. The molecule has 1 saturated carbocycles. The van der Waals surface area contributed by atoms with E-state index in [2.05, 4.69) is 110 Å². The fraction of sp³-hybridized carbons (Fsp3) is 0.273. The molecule has 2 heteroatoms. The molecule has 0 aliphatic heterocycles. The molecule has 1 fully saturated rings. The Labute approximate surface area is 209 Å². The molecule has 0 spiro atoms. The zero-order valence-electron chi connectivity index (χ0n) is 20.8. The van der Waals surface area contributed by atoms with Crippen molar-refractivity contribution >= 4 is 17.1 Å². The lowest BCUT2D eigenvalue weighted by Gasteiger charge is -2.39. The highest BCUT2D eigenvalue weighted by molar-refractivity contribution is 5.82. The number of nitrogens with one attached hydrogen (secondary N) is 1. The highest BCUT2D eigenvalue weighted by atomic mass is 14.9. The van der Waals surface area contributed by atoms with Crippen LogP contribution >= 0.6 is 0 Å². The van der Waals surface area contributed by atoms with Crippen LogP contribution in [0.15, 0.2) is 91.0 Å². The third kappa shape index (κ3) is 3.63. The molecule has 0 aromatic heterocycles. The highest BCUT2D eigenvalue weighted by Gasteiger charge is 2.36. The molecule has 2 aliphatic rings. The minimum atomic E-state index is 0.0138. The van der Waals surface area contributed by atoms with E-state index in [1.54, 1.807) is 0 Å². The lowest BCUT2D eigenvalue weighted by Crippen LogP contribution is -2.30. The maximum Gasteiger partial charge on any atom is 0.0387 e. The number of rotatable bonds is 4. The van der Waals surface area contributed by atoms with Gasteiger partial charge in [-0.05, 0) is 82.6 Å². The number of nitrogens with two attached hydrogens (primary N) is 1. The van der Waals surface area contributed by atoms with Gasteiger partial charge >= 0.3 is 0 Å². The first-order chi connectivity index (χ1) is 17.0. The van der Waals surface area contributed by atoms with Crippen molar-refractivity contribution in [2.75, 3.05) is 11.1 Å². The highest BCUT2D eigenvalue weighted by Crippen LogP contribution is 2.49. The molecule has 2 nitrogen and oxygen atoms in total. The summed E-state index contributed by atoms with van der Waals surface area (Å²) in [7, 11) is 0. The van der Waals surface area contributed by atoms with Crippen LogP contribution in [0.1, 0.15) is 68.2 Å². The van der Waals surface area contributed by atoms with Crippen LogP contribution in [-0.4, -0.2) is 0 Å². The zero-order valence-corrected chi connectivity index (χ0v) is 20.8. The quantitative estimate of drug-likeness (QED) is 0.301. The fourth-order valence-electron chi connectivity index (χ4n) is 6.52. The first kappa shape index (κ1) is 22.0. The molecule has 35 heavy (non-hydrogen) atoms. The second-order valence-electron chi connectivity index (χ2n) is 10.9. The van der Waals surface area contributed by atoms with Gasteiger partial charge in [-0.25, -0.2) is 0 Å². The van der Waals surface area contributed by atoms with Gasteiger partial charge in [-0.3, -0.25) is 0 Å². The first-order valence-electron chi connectivity index (χ1n) is 13.0. The van der Waals surface area contributed by atoms with Gasteiger partial charge in [0, 0.05) is 27.9 Å². The maximum absolute atomic E-state index is 6.00. The Morgan fingerprint density at radius 1 is 0.629 bits per heavy atom. The molecule has 0 amide bonds. The number of benzene rings is 4. The van der Waals surface area contributed by atoms with Gasteiger partial charge in [0.25, 0.3) is 0 Å². The molecule has 0 bridgehead atoms. The summed E-state index contributed by atoms with van der Waals surface area (Å²) < 4.78 is 0. The van der Waals surface area contributed by atoms with Gasteiger partial charge in [-0.15, -0.1) is 0 Å². The SMILES string of the molecule is CC1(C)c2ccccc2-c2ccc(Nc3ccc(C4(c5ccc(N)cc5)CCCCC4)cc3)cc21. The van der Waals surface area contributed by atoms with Crippen molar-refractivity contribution in [3.63, 3.8) is 0 Å². The predicted octanol–water partition coefficient (Wildman–Crippen LogP) is 8.57. The zero-order chi connectivity index (χ0) is 24.0. The summed E-state index contributed by atoms with van der Waals surface area (Å²) in [5, 5.41) is 3.67. The van der Waals surface area contributed by atoms with Crippen LogP contribution in [0.5, 0.6) is 0 Å². The van der Waals surface area contributed by atoms with Crippen LogP contribution in [0.3, 0.4) is 0 Å². The van der Waals surface area contributed by atoms with Gasteiger partial charge in [0.05, 0.1) is 0 Å². The molecular weight excluding hydrogens is 424 g/mol. The molecule has 0 heterocycles. The number of fused-ring (bicyclic) bond motifs is 3. The van der Waals surface area contributed by atoms with Crippen molar-refractivity contribution < 1.29 is 0 Å². The maximum atomic E-state index is 6.00. The van der Waals surface area contributed by atoms with Crippen molar-refractivity contribution in [3.05, 3.63) is 113 Å². The van der Waals surface area contributed by atoms with Gasteiger partial charge in [0.15, 0.2) is 0 Å². The molecule has 0 atom stereocenters. The summed E-state index contributed by atoms with van der Waals surface area (Å²) in [4.78, 5) is 0. The van der Waals surface area contributed by atoms with Crippen molar-refractivity contribution in [2.45, 2.75) is 56.8 Å². The molecule has 3 N–H and O–H groups in total. The van der Waals surface area contributed by atoms with Gasteiger partial charge in [-0.1, -0.05) is 87.7 Å². The minimum Gasteiger partial charge on any atom is -0.399 e. The summed E-state index contributed by atoms with van der Waals surface area (Å²) >= 11 is 0. The number of nitrogen functional groups attached to an aromatic ring is 1. The van der Waals surface area contributed by atoms with Crippen molar-refractivity contribution in [3.8, 4) is 11.1 Å². The van der Waals surface area contributed by atoms with Crippen LogP contribution in [0.25, 0.3) is 11.1 Å². The van der Waals surface area contributed by atoms with Crippen molar-refractivity contribution in [1.29, 1.82) is 0 Å². The standard InChI is InChI=1S/C33H34N2/c1-32(2)30-9-5-4-8-28(30)29-19-18-27(22-31(29)32)35-26-16-12-24(13-17-26)33(20-6-3-7-21-33)23-10-14-25(34)15-11-23/h4-5,8-19,22,35H,3,6-7,20-21,34H2,1-2H3. The van der Waals surface area contributed by atoms with Crippen molar-refractivity contribution in [1.82, 2.24) is 0 Å². The van der Waals surface area contributed by atoms with Gasteiger partial charge in [-0.2, -0.15) is 0 Å². The summed E-state index contributed by atoms with van der Waals surface area (Å²) in [6.45, 7) is 4.66. The van der Waals surface area contributed by atoms with Crippen LogP contribution < -0.4 is 11.1 Å². The Balaban J connectivity index is 1.29. The van der Waals surface area contributed by atoms with E-state index < -0.39 is 0 Å². The third-order valence-electron chi connectivity index (χ3n) is 8.48. The molecular formula is C33H34N2. The molecule has 0 saturated heterocycles. The lowest BCUT2D eigenvalue weighted by molar-refractivity contribution is 0.346. The summed E-state index contributed by atoms with van der Waals surface area (Å²) in [5.41, 5.74) is 17.5. The Bertz CT molecular complexity index is 1360. The minimum absolute atomic E-state index is 0.0138. The van der Waals surface area contributed by atoms with Crippen LogP contribution in [0, 0.1) is 0 Å². The number of anilines is 3. The van der Waals surface area contributed by atoms with Gasteiger partial charge in [0.1, 0.15) is 0 Å². The number of hydrogen-bond acceptors (Lipinski definition) is 2. The van der Waals surface area contributed by atoms with Crippen LogP contribution in [0.2, 0.25) is 0 Å². The van der Waals surface area contributed by atoms with Gasteiger partial charge < -0.3 is 11.1 Å². The van der Waals surface area contributed by atoms with E-state index in [-0.39, 0.29) is 10.8 Å². The molecule has 4 aromatic rings. The first-order valence-corrected chi connectivity index (χ1v) is 13.0. The topological polar surface area (TPSA) is 38.0 Å². The van der Waals surface area contributed by atoms with E-state index >= 15 is 0 Å². The smallest absolute Gasteiger partial charge is 0.0387 e. The lowest BCUT2D eigenvalue weighted by atomic mass is 9.65.